The van der Waals surface area contributed by atoms with Crippen molar-refractivity contribution in [1.29, 1.82) is 0 Å². The van der Waals surface area contributed by atoms with Gasteiger partial charge in [0.1, 0.15) is 0 Å². The third-order valence-electron chi connectivity index (χ3n) is 1.62. The molecule has 0 saturated heterocycles. The van der Waals surface area contributed by atoms with E-state index in [9.17, 15) is 9.59 Å². The van der Waals surface area contributed by atoms with Crippen molar-refractivity contribution in [3.05, 3.63) is 35.7 Å². The molecule has 1 aromatic rings. The molecule has 0 spiro atoms. The zero-order valence-electron chi connectivity index (χ0n) is 8.14. The molecule has 1 aromatic heterocycles. The van der Waals surface area contributed by atoms with Gasteiger partial charge in [0.2, 0.25) is 5.91 Å². The summed E-state index contributed by atoms with van der Waals surface area (Å²) >= 11 is 0. The van der Waals surface area contributed by atoms with E-state index in [1.165, 1.54) is 37.6 Å². The first-order valence-corrected chi connectivity index (χ1v) is 4.15. The molecule has 15 heavy (non-hydrogen) atoms. The van der Waals surface area contributed by atoms with Gasteiger partial charge in [-0.1, -0.05) is 0 Å². The summed E-state index contributed by atoms with van der Waals surface area (Å²) in [4.78, 5) is 25.5. The highest BCUT2D eigenvalue weighted by atomic mass is 16.5. The average Bonchev–Trinajstić information content (AvgIpc) is 2.25. The summed E-state index contributed by atoms with van der Waals surface area (Å²) in [6, 6.07) is 3.03. The van der Waals surface area contributed by atoms with Crippen molar-refractivity contribution in [3.8, 4) is 0 Å². The number of ether oxygens (including phenoxy) is 1. The summed E-state index contributed by atoms with van der Waals surface area (Å²) in [5.41, 5.74) is 5.76. The minimum Gasteiger partial charge on any atom is -0.465 e. The SMILES string of the molecule is COC(=O)c1ccnc(C=CC(N)=O)c1. The molecule has 1 amide bonds. The van der Waals surface area contributed by atoms with Gasteiger partial charge in [0, 0.05) is 12.3 Å². The van der Waals surface area contributed by atoms with E-state index in [0.29, 0.717) is 11.3 Å². The molecule has 0 saturated carbocycles. The van der Waals surface area contributed by atoms with Gasteiger partial charge in [0.05, 0.1) is 18.4 Å². The zero-order chi connectivity index (χ0) is 11.3. The molecule has 78 valence electrons. The van der Waals surface area contributed by atoms with E-state index < -0.39 is 11.9 Å². The minimum atomic E-state index is -0.569. The second kappa shape index (κ2) is 4.90. The zero-order valence-corrected chi connectivity index (χ0v) is 8.14. The number of nitrogens with two attached hydrogens (primary N) is 1. The number of amides is 1. The van der Waals surface area contributed by atoms with Crippen molar-refractivity contribution in [2.24, 2.45) is 5.73 Å². The summed E-state index contributed by atoms with van der Waals surface area (Å²) in [6.07, 6.45) is 4.05. The Kier molecular flexibility index (Phi) is 3.56. The summed E-state index contributed by atoms with van der Waals surface area (Å²) in [5, 5.41) is 0. The van der Waals surface area contributed by atoms with Crippen molar-refractivity contribution in [2.45, 2.75) is 0 Å². The highest BCUT2D eigenvalue weighted by molar-refractivity contribution is 5.91. The monoisotopic (exact) mass is 206 g/mol. The lowest BCUT2D eigenvalue weighted by atomic mass is 10.2. The molecule has 0 aliphatic carbocycles. The molecule has 5 heteroatoms. The van der Waals surface area contributed by atoms with E-state index in [1.54, 1.807) is 0 Å². The number of rotatable bonds is 3. The Morgan fingerprint density at radius 1 is 1.53 bits per heavy atom. The Bertz CT molecular complexity index is 413. The fourth-order valence-electron chi connectivity index (χ4n) is 0.952. The molecule has 2 N–H and O–H groups in total. The number of pyridine rings is 1. The van der Waals surface area contributed by atoms with Crippen molar-refractivity contribution in [3.63, 3.8) is 0 Å². The van der Waals surface area contributed by atoms with Gasteiger partial charge < -0.3 is 10.5 Å². The molecule has 0 fully saturated rings. The molecule has 1 heterocycles. The topological polar surface area (TPSA) is 82.3 Å². The van der Waals surface area contributed by atoms with Crippen LogP contribution in [-0.4, -0.2) is 24.0 Å². The number of nitrogens with zero attached hydrogens (tertiary/aromatic N) is 1. The average molecular weight is 206 g/mol. The van der Waals surface area contributed by atoms with Gasteiger partial charge in [0.15, 0.2) is 0 Å². The first-order valence-electron chi connectivity index (χ1n) is 4.15. The summed E-state index contributed by atoms with van der Waals surface area (Å²) in [5.74, 6) is -1.02. The van der Waals surface area contributed by atoms with Crippen LogP contribution in [0.25, 0.3) is 6.08 Å². The van der Waals surface area contributed by atoms with Crippen LogP contribution in [0.1, 0.15) is 16.1 Å². The van der Waals surface area contributed by atoms with Crippen molar-refractivity contribution in [1.82, 2.24) is 4.98 Å². The fraction of sp³-hybridized carbons (Fsp3) is 0.100. The third kappa shape index (κ3) is 3.22. The Morgan fingerprint density at radius 2 is 2.27 bits per heavy atom. The first kappa shape index (κ1) is 10.9. The predicted octanol–water partition coefficient (Wildman–Crippen LogP) is 0.367. The Hall–Kier alpha value is -2.17. The Labute approximate surface area is 86.6 Å². The minimum absolute atomic E-state index is 0.372. The number of aromatic nitrogens is 1. The van der Waals surface area contributed by atoms with Crippen molar-refractivity contribution < 1.29 is 14.3 Å². The molecule has 0 aromatic carbocycles. The van der Waals surface area contributed by atoms with Crippen LogP contribution in [-0.2, 0) is 9.53 Å². The predicted molar refractivity (Wildman–Crippen MR) is 53.8 cm³/mol. The van der Waals surface area contributed by atoms with E-state index in [0.717, 1.165) is 0 Å². The van der Waals surface area contributed by atoms with Crippen LogP contribution < -0.4 is 5.73 Å². The normalized spacial score (nSPS) is 10.2. The Balaban J connectivity index is 2.92. The number of carbonyl (C=O) groups excluding carboxylic acids is 2. The molecular formula is C10H10N2O3. The molecule has 0 atom stereocenters. The molecule has 0 unspecified atom stereocenters. The molecule has 1 rings (SSSR count). The molecular weight excluding hydrogens is 196 g/mol. The molecule has 0 radical (unpaired) electrons. The van der Waals surface area contributed by atoms with Gasteiger partial charge in [-0.05, 0) is 18.2 Å². The van der Waals surface area contributed by atoms with Gasteiger partial charge in [-0.25, -0.2) is 4.79 Å². The summed E-state index contributed by atoms with van der Waals surface area (Å²) < 4.78 is 4.53. The van der Waals surface area contributed by atoms with E-state index in [-0.39, 0.29) is 0 Å². The number of carbonyl (C=O) groups is 2. The lowest BCUT2D eigenvalue weighted by Crippen LogP contribution is -2.05. The van der Waals surface area contributed by atoms with Crippen molar-refractivity contribution in [2.75, 3.05) is 7.11 Å². The van der Waals surface area contributed by atoms with Gasteiger partial charge in [-0.3, -0.25) is 9.78 Å². The maximum Gasteiger partial charge on any atom is 0.337 e. The summed E-state index contributed by atoms with van der Waals surface area (Å²) in [7, 11) is 1.29. The lowest BCUT2D eigenvalue weighted by Gasteiger charge is -1.98. The van der Waals surface area contributed by atoms with Gasteiger partial charge >= 0.3 is 5.97 Å². The van der Waals surface area contributed by atoms with E-state index in [4.69, 9.17) is 5.73 Å². The van der Waals surface area contributed by atoms with Crippen LogP contribution in [0.5, 0.6) is 0 Å². The molecule has 0 aliphatic heterocycles. The van der Waals surface area contributed by atoms with Crippen molar-refractivity contribution >= 4 is 18.0 Å². The smallest absolute Gasteiger partial charge is 0.337 e. The fourth-order valence-corrected chi connectivity index (χ4v) is 0.952. The Morgan fingerprint density at radius 3 is 2.87 bits per heavy atom. The largest absolute Gasteiger partial charge is 0.465 e. The summed E-state index contributed by atoms with van der Waals surface area (Å²) in [6.45, 7) is 0. The highest BCUT2D eigenvalue weighted by Crippen LogP contribution is 2.04. The van der Waals surface area contributed by atoms with Gasteiger partial charge in [-0.2, -0.15) is 0 Å². The van der Waals surface area contributed by atoms with Gasteiger partial charge in [-0.15, -0.1) is 0 Å². The maximum absolute atomic E-state index is 11.1. The van der Waals surface area contributed by atoms with Crippen LogP contribution in [0.2, 0.25) is 0 Å². The van der Waals surface area contributed by atoms with Crippen LogP contribution in [0, 0.1) is 0 Å². The van der Waals surface area contributed by atoms with E-state index >= 15 is 0 Å². The van der Waals surface area contributed by atoms with Crippen LogP contribution in [0.4, 0.5) is 0 Å². The second-order valence-electron chi connectivity index (χ2n) is 2.70. The quantitative estimate of drug-likeness (QED) is 0.572. The second-order valence-corrected chi connectivity index (χ2v) is 2.70. The molecule has 5 nitrogen and oxygen atoms in total. The maximum atomic E-state index is 11.1. The lowest BCUT2D eigenvalue weighted by molar-refractivity contribution is -0.113. The number of hydrogen-bond acceptors (Lipinski definition) is 4. The van der Waals surface area contributed by atoms with E-state index in [1.807, 2.05) is 0 Å². The first-order chi connectivity index (χ1) is 7.13. The highest BCUT2D eigenvalue weighted by Gasteiger charge is 2.04. The number of esters is 1. The van der Waals surface area contributed by atoms with Crippen LogP contribution >= 0.6 is 0 Å². The number of primary amides is 1. The molecule has 0 bridgehead atoms. The number of methoxy groups -OCH3 is 1. The third-order valence-corrected chi connectivity index (χ3v) is 1.62. The van der Waals surface area contributed by atoms with Crippen LogP contribution in [0.15, 0.2) is 24.4 Å². The standard InChI is InChI=1S/C10H10N2O3/c1-15-10(14)7-4-5-12-8(6-7)2-3-9(11)13/h2-6H,1H3,(H2,11,13). The van der Waals surface area contributed by atoms with E-state index in [2.05, 4.69) is 9.72 Å². The number of hydrogen-bond donors (Lipinski definition) is 1. The van der Waals surface area contributed by atoms with Gasteiger partial charge in [0.25, 0.3) is 0 Å². The molecule has 0 aliphatic rings. The van der Waals surface area contributed by atoms with Crippen LogP contribution in [0.3, 0.4) is 0 Å².